The summed E-state index contributed by atoms with van der Waals surface area (Å²) in [5.74, 6) is -0.589. The SMILES string of the molecule is Fc1cccc(N(c2ccc3cc4c5ccc(N(c6cccc(F)c6)c6cccc7c6sc6ccccc67)cc5n(-c5ccc6ccccc6c5)c4cc3c2)c2cccc3c2sc2ccccc23)c1. The molecule has 0 saturated heterocycles. The van der Waals surface area contributed by atoms with Crippen LogP contribution in [0.2, 0.25) is 0 Å². The number of hydrogen-bond acceptors (Lipinski definition) is 4. The molecule has 7 heteroatoms. The lowest BCUT2D eigenvalue weighted by Gasteiger charge is -2.26. The monoisotopic (exact) mass is 925 g/mol. The topological polar surface area (TPSA) is 11.4 Å². The molecule has 0 unspecified atom stereocenters. The van der Waals surface area contributed by atoms with Gasteiger partial charge < -0.3 is 14.4 Å². The summed E-state index contributed by atoms with van der Waals surface area (Å²) in [5.41, 5.74) is 8.40. The Morgan fingerprint density at radius 2 is 0.826 bits per heavy atom. The minimum Gasteiger partial charge on any atom is -0.309 e. The van der Waals surface area contributed by atoms with Crippen LogP contribution < -0.4 is 9.80 Å². The molecule has 0 amide bonds. The van der Waals surface area contributed by atoms with Gasteiger partial charge in [0.05, 0.1) is 31.8 Å². The summed E-state index contributed by atoms with van der Waals surface area (Å²) in [7, 11) is 0. The van der Waals surface area contributed by atoms with Gasteiger partial charge in [-0.2, -0.15) is 0 Å². The van der Waals surface area contributed by atoms with Crippen LogP contribution in [0, 0.1) is 11.6 Å². The van der Waals surface area contributed by atoms with E-state index >= 15 is 8.78 Å². The fourth-order valence-electron chi connectivity index (χ4n) is 10.5. The maximum atomic E-state index is 15.3. The van der Waals surface area contributed by atoms with Gasteiger partial charge in [-0.25, -0.2) is 8.78 Å². The first-order chi connectivity index (χ1) is 34.0. The molecule has 0 spiro atoms. The van der Waals surface area contributed by atoms with Crippen LogP contribution in [-0.4, -0.2) is 4.57 Å². The van der Waals surface area contributed by atoms with Crippen molar-refractivity contribution in [3.8, 4) is 5.69 Å². The molecule has 0 aliphatic heterocycles. The van der Waals surface area contributed by atoms with Gasteiger partial charge in [-0.05, 0) is 131 Å². The Bertz CT molecular complexity index is 4390. The number of halogens is 2. The van der Waals surface area contributed by atoms with Crippen molar-refractivity contribution in [2.75, 3.05) is 9.80 Å². The lowest BCUT2D eigenvalue weighted by molar-refractivity contribution is 0.627. The molecule has 3 nitrogen and oxygen atoms in total. The van der Waals surface area contributed by atoms with Gasteiger partial charge in [-0.15, -0.1) is 22.7 Å². The van der Waals surface area contributed by atoms with Crippen molar-refractivity contribution >= 4 is 140 Å². The molecule has 0 N–H and O–H groups in total. The Morgan fingerprint density at radius 3 is 1.48 bits per heavy atom. The van der Waals surface area contributed by atoms with Crippen molar-refractivity contribution in [3.05, 3.63) is 236 Å². The van der Waals surface area contributed by atoms with Gasteiger partial charge in [0.1, 0.15) is 11.6 Å². The Balaban J connectivity index is 1.01. The zero-order chi connectivity index (χ0) is 45.7. The Kier molecular flexibility index (Phi) is 9.00. The van der Waals surface area contributed by atoms with Crippen LogP contribution in [0.25, 0.3) is 89.4 Å². The highest BCUT2D eigenvalue weighted by atomic mass is 32.1. The fraction of sp³-hybridized carbons (Fsp3) is 0. The van der Waals surface area contributed by atoms with Gasteiger partial charge in [-0.3, -0.25) is 0 Å². The summed E-state index contributed by atoms with van der Waals surface area (Å²) < 4.78 is 37.6. The molecule has 14 aromatic rings. The summed E-state index contributed by atoms with van der Waals surface area (Å²) in [4.78, 5) is 4.39. The zero-order valence-electron chi connectivity index (χ0n) is 36.8. The molecular weight excluding hydrogens is 889 g/mol. The second-order valence-electron chi connectivity index (χ2n) is 17.6. The van der Waals surface area contributed by atoms with E-state index in [0.29, 0.717) is 0 Å². The molecule has 0 radical (unpaired) electrons. The lowest BCUT2D eigenvalue weighted by Crippen LogP contribution is -2.10. The molecule has 14 rings (SSSR count). The summed E-state index contributed by atoms with van der Waals surface area (Å²) >= 11 is 3.52. The van der Waals surface area contributed by atoms with Crippen LogP contribution in [0.1, 0.15) is 0 Å². The van der Waals surface area contributed by atoms with Gasteiger partial charge in [0, 0.05) is 70.2 Å². The maximum absolute atomic E-state index is 15.3. The minimum absolute atomic E-state index is 0.292. The predicted molar refractivity (Wildman–Crippen MR) is 291 cm³/mol. The van der Waals surface area contributed by atoms with Crippen LogP contribution in [0.3, 0.4) is 0 Å². The van der Waals surface area contributed by atoms with Gasteiger partial charge in [0.2, 0.25) is 0 Å². The van der Waals surface area contributed by atoms with E-state index in [1.54, 1.807) is 46.9 Å². The van der Waals surface area contributed by atoms with Crippen molar-refractivity contribution in [2.24, 2.45) is 0 Å². The molecule has 0 atom stereocenters. The normalized spacial score (nSPS) is 11.9. The van der Waals surface area contributed by atoms with Gasteiger partial charge in [-0.1, -0.05) is 115 Å². The van der Waals surface area contributed by atoms with E-state index in [9.17, 15) is 0 Å². The molecule has 3 heterocycles. The molecule has 11 aromatic carbocycles. The summed E-state index contributed by atoms with van der Waals surface area (Å²) in [6.07, 6.45) is 0. The second-order valence-corrected chi connectivity index (χ2v) is 19.7. The van der Waals surface area contributed by atoms with Crippen molar-refractivity contribution in [1.82, 2.24) is 4.57 Å². The van der Waals surface area contributed by atoms with Gasteiger partial charge in [0.15, 0.2) is 0 Å². The molecule has 0 aliphatic carbocycles. The highest BCUT2D eigenvalue weighted by Crippen LogP contribution is 2.48. The van der Waals surface area contributed by atoms with Crippen LogP contribution in [0.5, 0.6) is 0 Å². The quantitative estimate of drug-likeness (QED) is 0.158. The highest BCUT2D eigenvalue weighted by Gasteiger charge is 2.23. The predicted octanol–water partition coefficient (Wildman–Crippen LogP) is 19.0. The first-order valence-corrected chi connectivity index (χ1v) is 24.6. The average Bonchev–Trinajstić information content (AvgIpc) is 4.06. The number of thiophene rings is 2. The molecule has 69 heavy (non-hydrogen) atoms. The van der Waals surface area contributed by atoms with Crippen molar-refractivity contribution in [1.29, 1.82) is 0 Å². The van der Waals surface area contributed by atoms with Crippen molar-refractivity contribution < 1.29 is 8.78 Å². The smallest absolute Gasteiger partial charge is 0.125 e. The Morgan fingerprint density at radius 1 is 0.319 bits per heavy atom. The van der Waals surface area contributed by atoms with Crippen molar-refractivity contribution in [3.63, 3.8) is 0 Å². The molecule has 0 aliphatic rings. The number of nitrogens with zero attached hydrogens (tertiary/aromatic N) is 3. The summed E-state index contributed by atoms with van der Waals surface area (Å²) in [5, 5.41) is 11.4. The second kappa shape index (κ2) is 15.6. The maximum Gasteiger partial charge on any atom is 0.125 e. The molecule has 326 valence electrons. The highest BCUT2D eigenvalue weighted by molar-refractivity contribution is 7.26. The van der Waals surface area contributed by atoms with Crippen LogP contribution in [0.4, 0.5) is 42.9 Å². The van der Waals surface area contributed by atoms with Crippen molar-refractivity contribution in [2.45, 2.75) is 0 Å². The fourth-order valence-corrected chi connectivity index (χ4v) is 12.9. The lowest BCUT2D eigenvalue weighted by atomic mass is 10.0. The number of anilines is 6. The third-order valence-electron chi connectivity index (χ3n) is 13.6. The number of hydrogen-bond donors (Lipinski definition) is 0. The number of benzene rings is 11. The number of fused-ring (bicyclic) bond motifs is 11. The van der Waals surface area contributed by atoms with E-state index in [-0.39, 0.29) is 11.6 Å². The van der Waals surface area contributed by atoms with E-state index in [2.05, 4.69) is 190 Å². The molecule has 0 bridgehead atoms. The molecule has 0 saturated carbocycles. The van der Waals surface area contributed by atoms with Gasteiger partial charge >= 0.3 is 0 Å². The van der Waals surface area contributed by atoms with E-state index in [4.69, 9.17) is 0 Å². The van der Waals surface area contributed by atoms with Gasteiger partial charge in [0.25, 0.3) is 0 Å². The minimum atomic E-state index is -0.296. The first-order valence-electron chi connectivity index (χ1n) is 22.9. The van der Waals surface area contributed by atoms with Crippen LogP contribution >= 0.6 is 22.7 Å². The van der Waals surface area contributed by atoms with E-state index in [1.165, 1.54) is 43.1 Å². The third-order valence-corrected chi connectivity index (χ3v) is 16.0. The average molecular weight is 926 g/mol. The van der Waals surface area contributed by atoms with E-state index in [1.807, 2.05) is 12.1 Å². The van der Waals surface area contributed by atoms with Crippen LogP contribution in [-0.2, 0) is 0 Å². The molecule has 0 fully saturated rings. The molecular formula is C62H37F2N3S2. The van der Waals surface area contributed by atoms with E-state index in [0.717, 1.165) is 92.6 Å². The molecule has 3 aromatic heterocycles. The standard InChI is InChI=1S/C62H37F2N3S2/c63-42-13-7-15-44(35-42)65(55-21-9-19-52-50-17-3-5-23-59(50)68-61(52)55)46-28-26-40-33-54-49-30-29-48(37-58(49)67(57(54)34-41(40)32-46)47-27-25-38-11-1-2-12-39(38)31-47)66(45-16-8-14-43(64)36-45)56-22-10-20-53-51-18-4-6-24-60(51)69-62(53)56/h1-37H. The summed E-state index contributed by atoms with van der Waals surface area (Å²) in [6.45, 7) is 0. The first kappa shape index (κ1) is 39.8. The Labute approximate surface area is 403 Å². The summed E-state index contributed by atoms with van der Waals surface area (Å²) in [6, 6.07) is 76.6. The number of aromatic nitrogens is 1. The number of rotatable bonds is 7. The Hall–Kier alpha value is -8.36. The van der Waals surface area contributed by atoms with E-state index < -0.39 is 0 Å². The van der Waals surface area contributed by atoms with Crippen LogP contribution in [0.15, 0.2) is 224 Å². The largest absolute Gasteiger partial charge is 0.309 e. The third kappa shape index (κ3) is 6.42. The zero-order valence-corrected chi connectivity index (χ0v) is 38.4.